The Labute approximate surface area is 857 Å². The molecule has 9 aromatic heterocycles. The second-order valence-corrected chi connectivity index (χ2v) is 41.8. The molecule has 6 nitrogen and oxygen atoms in total. The Bertz CT molecular complexity index is 11000. The molecule has 0 fully saturated rings. The molecular weight excluding hydrogens is 1840 g/mol. The molecule has 32 rings (SSSR count). The predicted octanol–water partition coefficient (Wildman–Crippen LogP) is 39.1. The van der Waals surface area contributed by atoms with Crippen LogP contribution in [0.3, 0.4) is 0 Å². The number of benzene rings is 23. The van der Waals surface area contributed by atoms with Crippen LogP contribution in [0.15, 0.2) is 522 Å². The summed E-state index contributed by atoms with van der Waals surface area (Å²) in [7, 11) is 0. The van der Waals surface area contributed by atoms with Crippen LogP contribution in [0, 0.1) is 0 Å². The molecular formula is C138H86N6S3. The van der Waals surface area contributed by atoms with Crippen molar-refractivity contribution in [3.63, 3.8) is 0 Å². The Morgan fingerprint density at radius 1 is 0.0952 bits per heavy atom. The zero-order valence-electron chi connectivity index (χ0n) is 79.6. The minimum atomic E-state index is 1.16. The van der Waals surface area contributed by atoms with Gasteiger partial charge in [0.15, 0.2) is 0 Å². The highest BCUT2D eigenvalue weighted by Crippen LogP contribution is 2.48. The van der Waals surface area contributed by atoms with Gasteiger partial charge >= 0.3 is 0 Å². The fourth-order valence-corrected chi connectivity index (χ4v) is 26.9. The first-order valence-corrected chi connectivity index (χ1v) is 52.7. The molecule has 0 aliphatic rings. The topological polar surface area (TPSA) is 29.6 Å². The lowest BCUT2D eigenvalue weighted by Crippen LogP contribution is -1.94. The van der Waals surface area contributed by atoms with E-state index >= 15 is 0 Å². The van der Waals surface area contributed by atoms with Crippen molar-refractivity contribution in [3.05, 3.63) is 522 Å². The van der Waals surface area contributed by atoms with Crippen LogP contribution in [0.1, 0.15) is 0 Å². The number of fused-ring (bicyclic) bond motifs is 27. The summed E-state index contributed by atoms with van der Waals surface area (Å²) in [6.07, 6.45) is 0. The van der Waals surface area contributed by atoms with Gasteiger partial charge in [-0.3, -0.25) is 0 Å². The summed E-state index contributed by atoms with van der Waals surface area (Å²) >= 11 is 5.59. The first-order chi connectivity index (χ1) is 72.9. The van der Waals surface area contributed by atoms with Crippen molar-refractivity contribution in [1.82, 2.24) is 27.4 Å². The van der Waals surface area contributed by atoms with Gasteiger partial charge in [-0.25, -0.2) is 0 Å². The van der Waals surface area contributed by atoms with E-state index in [4.69, 9.17) is 0 Å². The van der Waals surface area contributed by atoms with Crippen LogP contribution in [0.25, 0.3) is 281 Å². The molecule has 147 heavy (non-hydrogen) atoms. The summed E-state index contributed by atoms with van der Waals surface area (Å²) < 4.78 is 22.4. The Morgan fingerprint density at radius 3 is 0.578 bits per heavy atom. The SMILES string of the molecule is c1ccc(-c2ccc(-n3c4ccccc4c4cc(-c5ccc6c(c5)c5ccccc5n6-c5ccc6sc7ccccc7c6c5)ccc43)cc2)cc1.c1ccc(-c2cccc(-n3c4ccccc4c4cc(-c5ccc6c(c5)c5ccccc5n6-c5ccc6sc7ccccc7c6c5)ccc43)c2)cc1.c1ccc(-n2c3ccccc3c3cc(-c4ccc5c(c4)c4ccccc4n5-c4ccc5sc6ccccc6c5c4)ccc32)cc1. The third kappa shape index (κ3) is 13.8. The van der Waals surface area contributed by atoms with Crippen molar-refractivity contribution >= 4 is 225 Å². The molecule has 0 saturated carbocycles. The fourth-order valence-electron chi connectivity index (χ4n) is 23.6. The van der Waals surface area contributed by atoms with Crippen molar-refractivity contribution in [1.29, 1.82) is 0 Å². The lowest BCUT2D eigenvalue weighted by molar-refractivity contribution is 1.18. The fraction of sp³-hybridized carbons (Fsp3) is 0. The second kappa shape index (κ2) is 34.1. The smallest absolute Gasteiger partial charge is 0.0541 e. The van der Waals surface area contributed by atoms with E-state index in [1.165, 1.54) is 270 Å². The minimum absolute atomic E-state index is 1.16. The van der Waals surface area contributed by atoms with Crippen molar-refractivity contribution in [2.45, 2.75) is 0 Å². The monoisotopic (exact) mass is 1920 g/mol. The second-order valence-electron chi connectivity index (χ2n) is 38.5. The zero-order chi connectivity index (χ0) is 96.4. The number of rotatable bonds is 11. The van der Waals surface area contributed by atoms with Crippen LogP contribution >= 0.6 is 34.0 Å². The van der Waals surface area contributed by atoms with E-state index in [1.54, 1.807) is 0 Å². The van der Waals surface area contributed by atoms with Crippen molar-refractivity contribution in [2.75, 3.05) is 0 Å². The molecule has 32 aromatic rings. The van der Waals surface area contributed by atoms with E-state index in [1.807, 2.05) is 34.0 Å². The van der Waals surface area contributed by atoms with Gasteiger partial charge < -0.3 is 27.4 Å². The molecule has 0 aliphatic heterocycles. The van der Waals surface area contributed by atoms with Gasteiger partial charge in [0, 0.05) is 159 Å². The third-order valence-corrected chi connectivity index (χ3v) is 33.8. The number of hydrogen-bond acceptors (Lipinski definition) is 3. The van der Waals surface area contributed by atoms with Crippen molar-refractivity contribution < 1.29 is 0 Å². The Balaban J connectivity index is 0.000000102. The van der Waals surface area contributed by atoms with Gasteiger partial charge in [0.05, 0.1) is 66.2 Å². The minimum Gasteiger partial charge on any atom is -0.309 e. The summed E-state index contributed by atoms with van der Waals surface area (Å²) in [5.74, 6) is 0. The summed E-state index contributed by atoms with van der Waals surface area (Å²) in [5, 5.41) is 23.1. The van der Waals surface area contributed by atoms with Crippen LogP contribution in [0.4, 0.5) is 0 Å². The normalized spacial score (nSPS) is 11.9. The van der Waals surface area contributed by atoms with Gasteiger partial charge in [0.25, 0.3) is 0 Å². The summed E-state index contributed by atoms with van der Waals surface area (Å²) in [5.41, 5.74) is 33.9. The lowest BCUT2D eigenvalue weighted by atomic mass is 10.0. The van der Waals surface area contributed by atoms with E-state index in [9.17, 15) is 0 Å². The molecule has 23 aromatic carbocycles. The van der Waals surface area contributed by atoms with Gasteiger partial charge in [0.1, 0.15) is 0 Å². The van der Waals surface area contributed by atoms with Crippen LogP contribution in [0.5, 0.6) is 0 Å². The molecule has 0 spiro atoms. The maximum absolute atomic E-state index is 2.43. The first-order valence-electron chi connectivity index (χ1n) is 50.2. The molecule has 0 saturated heterocycles. The number of thiophene rings is 3. The van der Waals surface area contributed by atoms with E-state index in [2.05, 4.69) is 549 Å². The largest absolute Gasteiger partial charge is 0.309 e. The average Bonchev–Trinajstić information content (AvgIpc) is 1.58. The third-order valence-electron chi connectivity index (χ3n) is 30.3. The summed E-state index contributed by atoms with van der Waals surface area (Å²) in [6.45, 7) is 0. The summed E-state index contributed by atoms with van der Waals surface area (Å²) in [6, 6.07) is 191. The van der Waals surface area contributed by atoms with Gasteiger partial charge in [-0.15, -0.1) is 34.0 Å². The van der Waals surface area contributed by atoms with Gasteiger partial charge in [-0.2, -0.15) is 0 Å². The Hall–Kier alpha value is -18.5. The quantitative estimate of drug-likeness (QED) is 0.124. The molecule has 0 bridgehead atoms. The van der Waals surface area contributed by atoms with Crippen LogP contribution in [-0.2, 0) is 0 Å². The number of aromatic nitrogens is 6. The highest BCUT2D eigenvalue weighted by atomic mass is 32.1. The Morgan fingerprint density at radius 2 is 0.279 bits per heavy atom. The average molecular weight is 1920 g/mol. The van der Waals surface area contributed by atoms with Crippen LogP contribution in [-0.4, -0.2) is 27.4 Å². The molecule has 686 valence electrons. The van der Waals surface area contributed by atoms with Crippen LogP contribution < -0.4 is 0 Å². The zero-order valence-corrected chi connectivity index (χ0v) is 82.0. The molecule has 0 atom stereocenters. The number of nitrogens with zero attached hydrogens (tertiary/aromatic N) is 6. The van der Waals surface area contributed by atoms with Crippen molar-refractivity contribution in [2.24, 2.45) is 0 Å². The van der Waals surface area contributed by atoms with E-state index in [0.29, 0.717) is 0 Å². The van der Waals surface area contributed by atoms with Gasteiger partial charge in [-0.05, 0) is 274 Å². The van der Waals surface area contributed by atoms with Crippen LogP contribution in [0.2, 0.25) is 0 Å². The molecule has 0 radical (unpaired) electrons. The lowest BCUT2D eigenvalue weighted by Gasteiger charge is -2.11. The highest BCUT2D eigenvalue weighted by Gasteiger charge is 2.25. The highest BCUT2D eigenvalue weighted by molar-refractivity contribution is 7.26. The first kappa shape index (κ1) is 84.2. The molecule has 0 unspecified atom stereocenters. The van der Waals surface area contributed by atoms with E-state index in [0.717, 1.165) is 11.4 Å². The maximum atomic E-state index is 2.43. The molecule has 9 heterocycles. The molecule has 0 N–H and O–H groups in total. The van der Waals surface area contributed by atoms with Gasteiger partial charge in [-0.1, -0.05) is 303 Å². The molecule has 0 amide bonds. The molecule has 9 heteroatoms. The van der Waals surface area contributed by atoms with Crippen molar-refractivity contribution in [3.8, 4) is 89.8 Å². The summed E-state index contributed by atoms with van der Waals surface area (Å²) in [4.78, 5) is 0. The molecule has 0 aliphatic carbocycles. The van der Waals surface area contributed by atoms with Gasteiger partial charge in [0.2, 0.25) is 0 Å². The number of para-hydroxylation sites is 7. The standard InChI is InChI=1S/2C48H30N2S.C42H26N2S/c1-2-11-31(12-3-1)32-13-10-14-35(27-32)49-43-18-7-4-15-37(43)40-28-33(21-24-45(40)49)34-22-25-46-41(29-34)38-16-5-8-19-44(38)50(46)36-23-26-48-42(30-36)39-17-6-9-20-47(39)51-48;1-2-10-31(11-3-1)32-18-22-35(23-19-32)49-43-15-7-4-12-37(43)40-28-33(20-25-45(40)49)34-21-26-46-41(29-34)38-13-5-8-16-44(38)50(46)36-24-27-48-42(30-36)39-14-6-9-17-47(39)51-48;1-2-10-29(11-3-1)43-37-15-7-4-12-31(37)34-24-27(18-21-39(34)43)28-19-22-40-35(25-28)32-13-5-8-16-38(32)44(40)30-20-23-42-36(26-30)33-14-6-9-17-41(33)45-42/h2*1-30H;1-26H. The van der Waals surface area contributed by atoms with E-state index in [-0.39, 0.29) is 0 Å². The predicted molar refractivity (Wildman–Crippen MR) is 631 cm³/mol. The number of hydrogen-bond donors (Lipinski definition) is 0. The Kier molecular flexibility index (Phi) is 19.6. The maximum Gasteiger partial charge on any atom is 0.0541 e. The van der Waals surface area contributed by atoms with E-state index < -0.39 is 0 Å².